The number of amides is 2. The number of aromatic hydroxyl groups is 1. The molecule has 30 heavy (non-hydrogen) atoms. The van der Waals surface area contributed by atoms with Crippen LogP contribution in [0.5, 0.6) is 5.75 Å². The number of esters is 1. The highest BCUT2D eigenvalue weighted by molar-refractivity contribution is 6.24. The van der Waals surface area contributed by atoms with E-state index in [9.17, 15) is 19.5 Å². The van der Waals surface area contributed by atoms with Crippen LogP contribution in [-0.2, 0) is 19.1 Å². The molecule has 2 N–H and O–H groups in total. The van der Waals surface area contributed by atoms with Crippen LogP contribution in [0, 0.1) is 18.8 Å². The van der Waals surface area contributed by atoms with Gasteiger partial charge in [0, 0.05) is 6.04 Å². The van der Waals surface area contributed by atoms with Crippen molar-refractivity contribution in [3.63, 3.8) is 0 Å². The summed E-state index contributed by atoms with van der Waals surface area (Å²) in [5.41, 5.74) is 0.908. The average molecular weight is 408 g/mol. The topological polar surface area (TPSA) is 95.9 Å². The van der Waals surface area contributed by atoms with Gasteiger partial charge in [-0.3, -0.25) is 19.7 Å². The average Bonchev–Trinajstić information content (AvgIpc) is 3.23. The summed E-state index contributed by atoms with van der Waals surface area (Å²) >= 11 is 0. The molecule has 4 rings (SSSR count). The second kappa shape index (κ2) is 7.25. The molecular weight excluding hydrogens is 384 g/mol. The Morgan fingerprint density at radius 1 is 1.10 bits per heavy atom. The van der Waals surface area contributed by atoms with Crippen molar-refractivity contribution in [2.75, 3.05) is 12.0 Å². The van der Waals surface area contributed by atoms with Crippen LogP contribution < -0.4 is 10.2 Å². The minimum atomic E-state index is -1.31. The molecule has 0 unspecified atom stereocenters. The molecule has 2 fully saturated rings. The fraction of sp³-hybridized carbons (Fsp3) is 0.348. The van der Waals surface area contributed by atoms with E-state index in [1.54, 1.807) is 31.2 Å². The SMILES string of the molecule is CC[C@]1(C(=O)OC)N[C@H](c2ccc(O)cc2)[C@@H]2C(=O)N(c3ccc(C)cc3)C(=O)[C@@H]21. The number of nitrogens with zero attached hydrogens (tertiary/aromatic N) is 1. The van der Waals surface area contributed by atoms with Crippen LogP contribution in [-0.4, -0.2) is 35.5 Å². The number of nitrogens with one attached hydrogen (secondary N) is 1. The van der Waals surface area contributed by atoms with Gasteiger partial charge in [-0.05, 0) is 43.2 Å². The monoisotopic (exact) mass is 408 g/mol. The molecule has 2 aromatic rings. The molecule has 0 spiro atoms. The van der Waals surface area contributed by atoms with Crippen molar-refractivity contribution in [2.24, 2.45) is 11.8 Å². The Hall–Kier alpha value is -3.19. The first-order valence-corrected chi connectivity index (χ1v) is 9.93. The molecule has 7 heteroatoms. The van der Waals surface area contributed by atoms with E-state index in [1.165, 1.54) is 24.1 Å². The summed E-state index contributed by atoms with van der Waals surface area (Å²) in [6.45, 7) is 3.72. The van der Waals surface area contributed by atoms with Crippen molar-refractivity contribution in [3.8, 4) is 5.75 Å². The highest BCUT2D eigenvalue weighted by Crippen LogP contribution is 2.51. The van der Waals surface area contributed by atoms with Gasteiger partial charge in [-0.1, -0.05) is 36.8 Å². The smallest absolute Gasteiger partial charge is 0.326 e. The van der Waals surface area contributed by atoms with Crippen LogP contribution in [0.15, 0.2) is 48.5 Å². The summed E-state index contributed by atoms with van der Waals surface area (Å²) in [5.74, 6) is -2.87. The van der Waals surface area contributed by atoms with Gasteiger partial charge in [0.1, 0.15) is 11.3 Å². The third-order valence-corrected chi connectivity index (χ3v) is 6.31. The van der Waals surface area contributed by atoms with Gasteiger partial charge in [0.25, 0.3) is 0 Å². The summed E-state index contributed by atoms with van der Waals surface area (Å²) in [7, 11) is 1.28. The Morgan fingerprint density at radius 2 is 1.73 bits per heavy atom. The van der Waals surface area contributed by atoms with Gasteiger partial charge in [0.2, 0.25) is 11.8 Å². The van der Waals surface area contributed by atoms with E-state index in [4.69, 9.17) is 4.74 Å². The fourth-order valence-electron chi connectivity index (χ4n) is 4.76. The van der Waals surface area contributed by atoms with E-state index in [0.29, 0.717) is 11.3 Å². The van der Waals surface area contributed by atoms with E-state index in [1.807, 2.05) is 19.1 Å². The van der Waals surface area contributed by atoms with Gasteiger partial charge in [0.05, 0.1) is 24.6 Å². The highest BCUT2D eigenvalue weighted by Gasteiger charge is 2.68. The van der Waals surface area contributed by atoms with E-state index >= 15 is 0 Å². The van der Waals surface area contributed by atoms with Crippen molar-refractivity contribution in [1.29, 1.82) is 0 Å². The first-order valence-electron chi connectivity index (χ1n) is 9.93. The lowest BCUT2D eigenvalue weighted by Crippen LogP contribution is -2.55. The number of hydrogen-bond donors (Lipinski definition) is 2. The number of carbonyl (C=O) groups is 3. The van der Waals surface area contributed by atoms with Crippen LogP contribution in [0.4, 0.5) is 5.69 Å². The molecule has 156 valence electrons. The molecule has 0 aliphatic carbocycles. The van der Waals surface area contributed by atoms with Crippen molar-refractivity contribution < 1.29 is 24.2 Å². The Morgan fingerprint density at radius 3 is 2.30 bits per heavy atom. The number of rotatable bonds is 4. The third kappa shape index (κ3) is 2.81. The highest BCUT2D eigenvalue weighted by atomic mass is 16.5. The van der Waals surface area contributed by atoms with Crippen molar-refractivity contribution in [1.82, 2.24) is 5.32 Å². The first kappa shape index (κ1) is 20.1. The number of benzene rings is 2. The second-order valence-electron chi connectivity index (χ2n) is 7.88. The van der Waals surface area contributed by atoms with Gasteiger partial charge in [-0.15, -0.1) is 0 Å². The summed E-state index contributed by atoms with van der Waals surface area (Å²) < 4.78 is 5.06. The predicted molar refractivity (Wildman–Crippen MR) is 110 cm³/mol. The lowest BCUT2D eigenvalue weighted by atomic mass is 9.78. The Kier molecular flexibility index (Phi) is 4.86. The van der Waals surface area contributed by atoms with Crippen molar-refractivity contribution >= 4 is 23.5 Å². The van der Waals surface area contributed by atoms with Gasteiger partial charge in [-0.25, -0.2) is 4.90 Å². The zero-order chi connectivity index (χ0) is 21.6. The number of methoxy groups -OCH3 is 1. The maximum Gasteiger partial charge on any atom is 0.326 e. The van der Waals surface area contributed by atoms with Crippen LogP contribution in [0.2, 0.25) is 0 Å². The number of imide groups is 1. The number of ether oxygens (including phenoxy) is 1. The Labute approximate surface area is 174 Å². The van der Waals surface area contributed by atoms with Gasteiger partial charge in [0.15, 0.2) is 0 Å². The molecule has 2 amide bonds. The zero-order valence-electron chi connectivity index (χ0n) is 17.1. The first-order chi connectivity index (χ1) is 14.3. The number of carbonyl (C=O) groups excluding carboxylic acids is 3. The molecule has 0 bridgehead atoms. The molecule has 0 aromatic heterocycles. The maximum atomic E-state index is 13.5. The standard InChI is InChI=1S/C23H24N2O5/c1-4-23(22(29)30-3)18-17(19(24-23)14-7-11-16(26)12-8-14)20(27)25(21(18)28)15-9-5-13(2)6-10-15/h5-12,17-19,24,26H,4H2,1-3H3/t17-,18-,19-,23+/m1/s1. The molecule has 2 aromatic carbocycles. The minimum Gasteiger partial charge on any atom is -0.508 e. The molecule has 0 saturated carbocycles. The van der Waals surface area contributed by atoms with E-state index in [2.05, 4.69) is 5.32 Å². The van der Waals surface area contributed by atoms with Crippen LogP contribution in [0.1, 0.15) is 30.5 Å². The number of hydrogen-bond acceptors (Lipinski definition) is 6. The number of anilines is 1. The van der Waals surface area contributed by atoms with E-state index < -0.39 is 35.3 Å². The Bertz CT molecular complexity index is 1000. The largest absolute Gasteiger partial charge is 0.508 e. The molecule has 7 nitrogen and oxygen atoms in total. The van der Waals surface area contributed by atoms with E-state index in [0.717, 1.165) is 5.56 Å². The Balaban J connectivity index is 1.84. The zero-order valence-corrected chi connectivity index (χ0v) is 17.1. The van der Waals surface area contributed by atoms with Crippen molar-refractivity contribution in [2.45, 2.75) is 31.8 Å². The van der Waals surface area contributed by atoms with Gasteiger partial charge in [-0.2, -0.15) is 0 Å². The minimum absolute atomic E-state index is 0.0955. The summed E-state index contributed by atoms with van der Waals surface area (Å²) in [6.07, 6.45) is 0.288. The van der Waals surface area contributed by atoms with E-state index in [-0.39, 0.29) is 18.1 Å². The predicted octanol–water partition coefficient (Wildman–Crippen LogP) is 2.47. The van der Waals surface area contributed by atoms with Crippen molar-refractivity contribution in [3.05, 3.63) is 59.7 Å². The summed E-state index contributed by atoms with van der Waals surface area (Å²) in [4.78, 5) is 41.1. The molecule has 2 heterocycles. The fourth-order valence-corrected chi connectivity index (χ4v) is 4.76. The normalized spacial score (nSPS) is 28.0. The quantitative estimate of drug-likeness (QED) is 0.596. The molecule has 0 radical (unpaired) electrons. The number of phenolic OH excluding ortho intramolecular Hbond substituents is 1. The number of phenols is 1. The third-order valence-electron chi connectivity index (χ3n) is 6.31. The van der Waals surface area contributed by atoms with Crippen LogP contribution in [0.25, 0.3) is 0 Å². The van der Waals surface area contributed by atoms with Crippen LogP contribution >= 0.6 is 0 Å². The van der Waals surface area contributed by atoms with Gasteiger partial charge >= 0.3 is 5.97 Å². The molecule has 2 aliphatic rings. The summed E-state index contributed by atoms with van der Waals surface area (Å²) in [6, 6.07) is 13.0. The molecule has 4 atom stereocenters. The lowest BCUT2D eigenvalue weighted by molar-refractivity contribution is -0.152. The molecule has 2 aliphatic heterocycles. The second-order valence-corrected chi connectivity index (χ2v) is 7.88. The molecular formula is C23H24N2O5. The molecule has 2 saturated heterocycles. The number of fused-ring (bicyclic) bond motifs is 1. The van der Waals surface area contributed by atoms with Gasteiger partial charge < -0.3 is 9.84 Å². The number of aryl methyl sites for hydroxylation is 1. The summed E-state index contributed by atoms with van der Waals surface area (Å²) in [5, 5.41) is 12.9. The lowest BCUT2D eigenvalue weighted by Gasteiger charge is -2.31. The van der Waals surface area contributed by atoms with Crippen LogP contribution in [0.3, 0.4) is 0 Å². The maximum absolute atomic E-state index is 13.5.